The van der Waals surface area contributed by atoms with Crippen molar-refractivity contribution in [3.63, 3.8) is 0 Å². The van der Waals surface area contributed by atoms with Gasteiger partial charge in [0.25, 0.3) is 5.56 Å². The van der Waals surface area contributed by atoms with Crippen LogP contribution in [0.15, 0.2) is 35.5 Å². The zero-order valence-electron chi connectivity index (χ0n) is 12.5. The Hall–Kier alpha value is -2.50. The van der Waals surface area contributed by atoms with Crippen molar-refractivity contribution in [1.29, 1.82) is 0 Å². The minimum Gasteiger partial charge on any atom is -0.366 e. The molecule has 1 aliphatic rings. The molecule has 0 saturated heterocycles. The largest absolute Gasteiger partial charge is 0.366 e. The number of hydrogen-bond acceptors (Lipinski definition) is 3. The summed E-state index contributed by atoms with van der Waals surface area (Å²) in [5, 5.41) is 9.77. The molecule has 6 nitrogen and oxygen atoms in total. The Morgan fingerprint density at radius 3 is 3.05 bits per heavy atom. The molecule has 6 heteroatoms. The van der Waals surface area contributed by atoms with Crippen LogP contribution in [0.3, 0.4) is 0 Å². The Morgan fingerprint density at radius 1 is 1.32 bits per heavy atom. The van der Waals surface area contributed by atoms with Gasteiger partial charge in [-0.25, -0.2) is 4.98 Å². The maximum atomic E-state index is 11.7. The van der Waals surface area contributed by atoms with E-state index in [0.29, 0.717) is 12.0 Å². The Kier molecular flexibility index (Phi) is 3.03. The highest BCUT2D eigenvalue weighted by molar-refractivity contribution is 5.78. The molecule has 1 aliphatic carbocycles. The van der Waals surface area contributed by atoms with E-state index in [0.717, 1.165) is 36.0 Å². The number of aryl methyl sites for hydroxylation is 1. The van der Waals surface area contributed by atoms with Crippen LogP contribution in [0.4, 0.5) is 5.82 Å². The van der Waals surface area contributed by atoms with Crippen molar-refractivity contribution in [2.45, 2.75) is 31.2 Å². The van der Waals surface area contributed by atoms with E-state index in [1.54, 1.807) is 6.33 Å². The average molecular weight is 297 g/mol. The van der Waals surface area contributed by atoms with Crippen molar-refractivity contribution in [2.24, 2.45) is 7.05 Å². The molecule has 3 N–H and O–H groups in total. The van der Waals surface area contributed by atoms with Gasteiger partial charge in [-0.2, -0.15) is 0 Å². The molecule has 2 atom stereocenters. The zero-order valence-corrected chi connectivity index (χ0v) is 12.5. The Morgan fingerprint density at radius 2 is 2.23 bits per heavy atom. The summed E-state index contributed by atoms with van der Waals surface area (Å²) in [6, 6.07) is 6.58. The lowest BCUT2D eigenvalue weighted by atomic mass is 9.96. The van der Waals surface area contributed by atoms with E-state index >= 15 is 0 Å². The maximum Gasteiger partial charge on any atom is 0.271 e. The molecule has 22 heavy (non-hydrogen) atoms. The molecule has 3 aromatic rings. The molecule has 0 radical (unpaired) electrons. The first-order chi connectivity index (χ1) is 10.7. The predicted octanol–water partition coefficient (Wildman–Crippen LogP) is 2.34. The molecule has 0 aliphatic heterocycles. The Bertz CT molecular complexity index is 859. The highest BCUT2D eigenvalue weighted by Crippen LogP contribution is 2.36. The van der Waals surface area contributed by atoms with Gasteiger partial charge in [0.15, 0.2) is 0 Å². The molecule has 114 valence electrons. The number of hydrogen-bond donors (Lipinski definition) is 3. The minimum atomic E-state index is -0.0435. The molecule has 1 fully saturated rings. The lowest BCUT2D eigenvalue weighted by Crippen LogP contribution is -2.15. The number of benzene rings is 1. The number of nitrogens with zero attached hydrogens (tertiary/aromatic N) is 2. The molecule has 1 saturated carbocycles. The Labute approximate surface area is 127 Å². The van der Waals surface area contributed by atoms with Crippen LogP contribution in [-0.4, -0.2) is 25.8 Å². The molecule has 0 bridgehead atoms. The number of imidazole rings is 1. The van der Waals surface area contributed by atoms with Crippen molar-refractivity contribution in [3.8, 4) is 0 Å². The molecule has 1 aromatic carbocycles. The van der Waals surface area contributed by atoms with E-state index < -0.39 is 0 Å². The lowest BCUT2D eigenvalue weighted by Gasteiger charge is -2.13. The summed E-state index contributed by atoms with van der Waals surface area (Å²) in [6.07, 6.45) is 7.14. The molecular formula is C16H19N5O. The lowest BCUT2D eigenvalue weighted by molar-refractivity contribution is 0.702. The highest BCUT2D eigenvalue weighted by atomic mass is 16.1. The van der Waals surface area contributed by atoms with Crippen LogP contribution in [0, 0.1) is 0 Å². The number of aromatic nitrogens is 4. The molecule has 4 rings (SSSR count). The third kappa shape index (κ3) is 2.30. The van der Waals surface area contributed by atoms with Gasteiger partial charge in [0.05, 0.1) is 17.2 Å². The SMILES string of the molecule is Cn1cnc(NC2CCC(c3ccc4[nH][nH]c(=O)c4c3)C2)c1. The average Bonchev–Trinajstić information content (AvgIpc) is 3.22. The molecular weight excluding hydrogens is 278 g/mol. The van der Waals surface area contributed by atoms with Crippen molar-refractivity contribution in [2.75, 3.05) is 5.32 Å². The fourth-order valence-electron chi connectivity index (χ4n) is 3.42. The van der Waals surface area contributed by atoms with Gasteiger partial charge in [-0.05, 0) is 42.9 Å². The minimum absolute atomic E-state index is 0.0435. The van der Waals surface area contributed by atoms with E-state index in [1.165, 1.54) is 5.56 Å². The summed E-state index contributed by atoms with van der Waals surface area (Å²) in [5.74, 6) is 1.44. The van der Waals surface area contributed by atoms with Crippen LogP contribution in [0.2, 0.25) is 0 Å². The summed E-state index contributed by atoms with van der Waals surface area (Å²) < 4.78 is 1.95. The van der Waals surface area contributed by atoms with E-state index in [-0.39, 0.29) is 5.56 Å². The fourth-order valence-corrected chi connectivity index (χ4v) is 3.42. The van der Waals surface area contributed by atoms with E-state index in [2.05, 4.69) is 26.6 Å². The second-order valence-corrected chi connectivity index (χ2v) is 6.16. The first-order valence-electron chi connectivity index (χ1n) is 7.64. The fraction of sp³-hybridized carbons (Fsp3) is 0.375. The molecule has 2 heterocycles. The van der Waals surface area contributed by atoms with Gasteiger partial charge in [-0.15, -0.1) is 0 Å². The van der Waals surface area contributed by atoms with Crippen LogP contribution in [0.25, 0.3) is 10.9 Å². The van der Waals surface area contributed by atoms with Crippen molar-refractivity contribution < 1.29 is 0 Å². The third-order valence-corrected chi connectivity index (χ3v) is 4.56. The van der Waals surface area contributed by atoms with Gasteiger partial charge in [0.1, 0.15) is 5.82 Å². The topological polar surface area (TPSA) is 78.5 Å². The Balaban J connectivity index is 1.51. The number of H-pyrrole nitrogens is 2. The standard InChI is InChI=1S/C16H19N5O/c1-21-8-15(17-9-21)18-12-4-2-10(6-12)11-3-5-14-13(7-11)16(22)20-19-14/h3,5,7-10,12,18H,2,4,6H2,1H3,(H2,19,20,22). The summed E-state index contributed by atoms with van der Waals surface area (Å²) >= 11 is 0. The van der Waals surface area contributed by atoms with Gasteiger partial charge in [-0.1, -0.05) is 6.07 Å². The van der Waals surface area contributed by atoms with Gasteiger partial charge in [0.2, 0.25) is 0 Å². The van der Waals surface area contributed by atoms with E-state index in [1.807, 2.05) is 29.9 Å². The summed E-state index contributed by atoms with van der Waals surface area (Å²) in [6.45, 7) is 0. The first kappa shape index (κ1) is 13.2. The van der Waals surface area contributed by atoms with Gasteiger partial charge < -0.3 is 9.88 Å². The molecule has 0 amide bonds. The molecule has 2 aromatic heterocycles. The zero-order chi connectivity index (χ0) is 15.1. The normalized spacial score (nSPS) is 21.5. The van der Waals surface area contributed by atoms with Crippen LogP contribution >= 0.6 is 0 Å². The highest BCUT2D eigenvalue weighted by Gasteiger charge is 2.26. The quantitative estimate of drug-likeness (QED) is 0.694. The molecule has 2 unspecified atom stereocenters. The summed E-state index contributed by atoms with van der Waals surface area (Å²) in [7, 11) is 1.97. The van der Waals surface area contributed by atoms with Crippen LogP contribution in [-0.2, 0) is 7.05 Å². The number of rotatable bonds is 3. The summed E-state index contributed by atoms with van der Waals surface area (Å²) in [4.78, 5) is 16.1. The van der Waals surface area contributed by atoms with E-state index in [9.17, 15) is 4.79 Å². The second kappa shape index (κ2) is 5.05. The number of nitrogens with one attached hydrogen (secondary N) is 3. The van der Waals surface area contributed by atoms with Gasteiger partial charge in [0, 0.05) is 19.3 Å². The monoisotopic (exact) mass is 297 g/mol. The van der Waals surface area contributed by atoms with E-state index in [4.69, 9.17) is 0 Å². The van der Waals surface area contributed by atoms with Crippen LogP contribution < -0.4 is 10.9 Å². The van der Waals surface area contributed by atoms with Crippen molar-refractivity contribution in [1.82, 2.24) is 19.7 Å². The predicted molar refractivity (Wildman–Crippen MR) is 86.1 cm³/mol. The van der Waals surface area contributed by atoms with Gasteiger partial charge >= 0.3 is 0 Å². The number of fused-ring (bicyclic) bond motifs is 1. The number of aromatic amines is 2. The third-order valence-electron chi connectivity index (χ3n) is 4.56. The smallest absolute Gasteiger partial charge is 0.271 e. The maximum absolute atomic E-state index is 11.7. The first-order valence-corrected chi connectivity index (χ1v) is 7.64. The van der Waals surface area contributed by atoms with Crippen LogP contribution in [0.5, 0.6) is 0 Å². The van der Waals surface area contributed by atoms with Crippen molar-refractivity contribution >= 4 is 16.7 Å². The molecule has 0 spiro atoms. The van der Waals surface area contributed by atoms with Crippen LogP contribution in [0.1, 0.15) is 30.7 Å². The van der Waals surface area contributed by atoms with Gasteiger partial charge in [-0.3, -0.25) is 15.0 Å². The number of anilines is 1. The second-order valence-electron chi connectivity index (χ2n) is 6.16. The summed E-state index contributed by atoms with van der Waals surface area (Å²) in [5.41, 5.74) is 2.08. The van der Waals surface area contributed by atoms with Crippen molar-refractivity contribution in [3.05, 3.63) is 46.6 Å².